The summed E-state index contributed by atoms with van der Waals surface area (Å²) in [4.78, 5) is 14.9. The van der Waals surface area contributed by atoms with Gasteiger partial charge < -0.3 is 9.84 Å². The van der Waals surface area contributed by atoms with Gasteiger partial charge in [-0.05, 0) is 49.7 Å². The first-order valence-corrected chi connectivity index (χ1v) is 10.4. The molecule has 28 heavy (non-hydrogen) atoms. The molecule has 1 aliphatic heterocycles. The van der Waals surface area contributed by atoms with Crippen molar-refractivity contribution in [3.8, 4) is 0 Å². The lowest BCUT2D eigenvalue weighted by Gasteiger charge is -2.35. The summed E-state index contributed by atoms with van der Waals surface area (Å²) in [6.07, 6.45) is 2.43. The van der Waals surface area contributed by atoms with Crippen LogP contribution in [0.1, 0.15) is 54.8 Å². The van der Waals surface area contributed by atoms with Gasteiger partial charge in [0.25, 0.3) is 0 Å². The molecule has 1 aromatic heterocycles. The Bertz CT molecular complexity index is 769. The second-order valence-corrected chi connectivity index (χ2v) is 8.49. The van der Waals surface area contributed by atoms with Crippen molar-refractivity contribution in [1.29, 1.82) is 0 Å². The van der Waals surface area contributed by atoms with Crippen molar-refractivity contribution >= 4 is 5.91 Å². The van der Waals surface area contributed by atoms with Crippen LogP contribution in [0, 0.1) is 25.7 Å². The number of hydrogen-bond donors (Lipinski definition) is 1. The molecule has 0 aliphatic carbocycles. The quantitative estimate of drug-likeness (QED) is 0.785. The molecule has 5 heteroatoms. The number of carbonyl (C=O) groups is 1. The van der Waals surface area contributed by atoms with E-state index in [0.29, 0.717) is 19.4 Å². The average Bonchev–Trinajstić information content (AvgIpc) is 2.96. The van der Waals surface area contributed by atoms with Gasteiger partial charge in [-0.1, -0.05) is 43.3 Å². The van der Waals surface area contributed by atoms with E-state index in [9.17, 15) is 4.79 Å². The molecule has 1 saturated heterocycles. The van der Waals surface area contributed by atoms with E-state index < -0.39 is 0 Å². The molecule has 1 aromatic carbocycles. The molecule has 2 aromatic rings. The minimum absolute atomic E-state index is 0.0648. The predicted molar refractivity (Wildman–Crippen MR) is 111 cm³/mol. The van der Waals surface area contributed by atoms with Crippen molar-refractivity contribution in [3.05, 3.63) is 52.4 Å². The van der Waals surface area contributed by atoms with Gasteiger partial charge in [-0.2, -0.15) is 0 Å². The fourth-order valence-corrected chi connectivity index (χ4v) is 4.43. The fraction of sp³-hybridized carbons (Fsp3) is 0.565. The Morgan fingerprint density at radius 3 is 2.50 bits per heavy atom. The van der Waals surface area contributed by atoms with Gasteiger partial charge in [0.05, 0.1) is 5.69 Å². The zero-order valence-corrected chi connectivity index (χ0v) is 17.6. The monoisotopic (exact) mass is 383 g/mol. The third-order valence-corrected chi connectivity index (χ3v) is 5.72. The Kier molecular flexibility index (Phi) is 6.89. The van der Waals surface area contributed by atoms with Crippen LogP contribution in [-0.2, 0) is 24.3 Å². The first kappa shape index (κ1) is 20.6. The van der Waals surface area contributed by atoms with Gasteiger partial charge in [0.2, 0.25) is 5.91 Å². The highest BCUT2D eigenvalue weighted by molar-refractivity contribution is 5.76. The number of amides is 1. The number of rotatable bonds is 7. The molecular formula is C23H33N3O2. The number of piperidine rings is 1. The number of hydrogen-bond acceptors (Lipinski definition) is 4. The van der Waals surface area contributed by atoms with Crippen LogP contribution in [0.5, 0.6) is 0 Å². The second-order valence-electron chi connectivity index (χ2n) is 8.49. The number of carbonyl (C=O) groups excluding carboxylic acids is 1. The standard InChI is InChI=1S/C23H33N3O2/c1-16-11-17(2)14-26(13-16)15-21-8-6-5-7-20(21)12-24-23(27)10-9-22-18(3)25-28-19(22)4/h5-8,16-17H,9-15H2,1-4H3,(H,24,27)/t16-,17+. The molecular weight excluding hydrogens is 350 g/mol. The summed E-state index contributed by atoms with van der Waals surface area (Å²) in [5.74, 6) is 2.37. The van der Waals surface area contributed by atoms with Crippen LogP contribution in [0.2, 0.25) is 0 Å². The molecule has 2 heterocycles. The van der Waals surface area contributed by atoms with E-state index in [0.717, 1.165) is 48.5 Å². The zero-order valence-electron chi connectivity index (χ0n) is 17.6. The lowest BCUT2D eigenvalue weighted by atomic mass is 9.91. The Balaban J connectivity index is 1.54. The largest absolute Gasteiger partial charge is 0.361 e. The third-order valence-electron chi connectivity index (χ3n) is 5.72. The fourth-order valence-electron chi connectivity index (χ4n) is 4.43. The van der Waals surface area contributed by atoms with Gasteiger partial charge in [0.1, 0.15) is 5.76 Å². The molecule has 0 radical (unpaired) electrons. The zero-order chi connectivity index (χ0) is 20.1. The van der Waals surface area contributed by atoms with E-state index in [1.54, 1.807) is 0 Å². The second kappa shape index (κ2) is 9.37. The van der Waals surface area contributed by atoms with Gasteiger partial charge in [-0.15, -0.1) is 0 Å². The Labute approximate surface area is 168 Å². The highest BCUT2D eigenvalue weighted by Gasteiger charge is 2.22. The van der Waals surface area contributed by atoms with Crippen molar-refractivity contribution in [2.75, 3.05) is 13.1 Å². The van der Waals surface area contributed by atoms with Gasteiger partial charge in [-0.3, -0.25) is 9.69 Å². The molecule has 0 saturated carbocycles. The van der Waals surface area contributed by atoms with Crippen LogP contribution in [-0.4, -0.2) is 29.1 Å². The van der Waals surface area contributed by atoms with E-state index in [2.05, 4.69) is 53.5 Å². The molecule has 0 unspecified atom stereocenters. The van der Waals surface area contributed by atoms with Gasteiger partial charge >= 0.3 is 0 Å². The Morgan fingerprint density at radius 1 is 1.18 bits per heavy atom. The predicted octanol–water partition coefficient (Wildman–Crippen LogP) is 4.02. The van der Waals surface area contributed by atoms with E-state index in [1.807, 2.05) is 13.8 Å². The van der Waals surface area contributed by atoms with E-state index in [4.69, 9.17) is 4.52 Å². The van der Waals surface area contributed by atoms with Gasteiger partial charge in [-0.25, -0.2) is 0 Å². The average molecular weight is 384 g/mol. The first-order chi connectivity index (χ1) is 13.4. The van der Waals surface area contributed by atoms with Crippen LogP contribution in [0.25, 0.3) is 0 Å². The summed E-state index contributed by atoms with van der Waals surface area (Å²) in [5.41, 5.74) is 4.44. The molecule has 3 rings (SSSR count). The summed E-state index contributed by atoms with van der Waals surface area (Å²) in [6, 6.07) is 8.46. The number of aromatic nitrogens is 1. The van der Waals surface area contributed by atoms with Gasteiger partial charge in [0.15, 0.2) is 0 Å². The van der Waals surface area contributed by atoms with Crippen LogP contribution in [0.4, 0.5) is 0 Å². The maximum atomic E-state index is 12.3. The minimum atomic E-state index is 0.0648. The van der Waals surface area contributed by atoms with E-state index >= 15 is 0 Å². The molecule has 5 nitrogen and oxygen atoms in total. The Hall–Kier alpha value is -2.14. The molecule has 152 valence electrons. The SMILES string of the molecule is Cc1noc(C)c1CCC(=O)NCc1ccccc1CN1C[C@H](C)C[C@H](C)C1. The normalized spacial score (nSPS) is 20.3. The Morgan fingerprint density at radius 2 is 1.86 bits per heavy atom. The lowest BCUT2D eigenvalue weighted by molar-refractivity contribution is -0.121. The molecule has 2 atom stereocenters. The topological polar surface area (TPSA) is 58.4 Å². The minimum Gasteiger partial charge on any atom is -0.361 e. The summed E-state index contributed by atoms with van der Waals surface area (Å²) in [6.45, 7) is 12.3. The molecule has 1 aliphatic rings. The number of benzene rings is 1. The molecule has 0 spiro atoms. The van der Waals surface area contributed by atoms with E-state index in [1.165, 1.54) is 17.5 Å². The van der Waals surface area contributed by atoms with Crippen molar-refractivity contribution in [3.63, 3.8) is 0 Å². The molecule has 1 N–H and O–H groups in total. The highest BCUT2D eigenvalue weighted by atomic mass is 16.5. The summed E-state index contributed by atoms with van der Waals surface area (Å²) >= 11 is 0. The van der Waals surface area contributed by atoms with Crippen LogP contribution in [0.15, 0.2) is 28.8 Å². The third kappa shape index (κ3) is 5.44. The highest BCUT2D eigenvalue weighted by Crippen LogP contribution is 2.23. The van der Waals surface area contributed by atoms with Gasteiger partial charge in [0, 0.05) is 38.2 Å². The van der Waals surface area contributed by atoms with Crippen LogP contribution in [0.3, 0.4) is 0 Å². The lowest BCUT2D eigenvalue weighted by Crippen LogP contribution is -2.38. The van der Waals surface area contributed by atoms with Crippen molar-refractivity contribution in [1.82, 2.24) is 15.4 Å². The molecule has 0 bridgehead atoms. The number of likely N-dealkylation sites (tertiary alicyclic amines) is 1. The number of nitrogens with zero attached hydrogens (tertiary/aromatic N) is 2. The summed E-state index contributed by atoms with van der Waals surface area (Å²) < 4.78 is 5.17. The summed E-state index contributed by atoms with van der Waals surface area (Å²) in [5, 5.41) is 7.04. The smallest absolute Gasteiger partial charge is 0.220 e. The molecule has 1 fully saturated rings. The number of nitrogens with one attached hydrogen (secondary N) is 1. The maximum absolute atomic E-state index is 12.3. The number of aryl methyl sites for hydroxylation is 2. The van der Waals surface area contributed by atoms with Crippen LogP contribution < -0.4 is 5.32 Å². The van der Waals surface area contributed by atoms with Crippen molar-refractivity contribution in [2.45, 2.75) is 60.0 Å². The summed E-state index contributed by atoms with van der Waals surface area (Å²) in [7, 11) is 0. The maximum Gasteiger partial charge on any atom is 0.220 e. The van der Waals surface area contributed by atoms with Crippen LogP contribution >= 0.6 is 0 Å². The molecule has 1 amide bonds. The van der Waals surface area contributed by atoms with Crippen molar-refractivity contribution < 1.29 is 9.32 Å². The van der Waals surface area contributed by atoms with Crippen molar-refractivity contribution in [2.24, 2.45) is 11.8 Å². The van der Waals surface area contributed by atoms with E-state index in [-0.39, 0.29) is 5.91 Å². The first-order valence-electron chi connectivity index (χ1n) is 10.4.